The van der Waals surface area contributed by atoms with Crippen molar-refractivity contribution < 1.29 is 9.53 Å². The number of para-hydroxylation sites is 2. The van der Waals surface area contributed by atoms with Crippen LogP contribution >= 0.6 is 11.3 Å². The number of aromatic nitrogens is 2. The molecule has 0 radical (unpaired) electrons. The number of hydrogen-bond donors (Lipinski definition) is 1. The second kappa shape index (κ2) is 8.10. The third kappa shape index (κ3) is 4.07. The number of carbonyl (C=O) groups excluding carboxylic acids is 1. The van der Waals surface area contributed by atoms with Gasteiger partial charge >= 0.3 is 0 Å². The Morgan fingerprint density at radius 1 is 1.21 bits per heavy atom. The van der Waals surface area contributed by atoms with Crippen molar-refractivity contribution in [1.82, 2.24) is 9.97 Å². The molecular weight excluding hydrogens is 370 g/mol. The maximum Gasteiger partial charge on any atom is 0.227 e. The Hall–Kier alpha value is -2.73. The van der Waals surface area contributed by atoms with Gasteiger partial charge in [0.05, 0.1) is 17.5 Å². The summed E-state index contributed by atoms with van der Waals surface area (Å²) in [7, 11) is 0. The second-order valence-electron chi connectivity index (χ2n) is 7.22. The van der Waals surface area contributed by atoms with Gasteiger partial charge < -0.3 is 10.1 Å². The Bertz CT molecular complexity index is 969. The van der Waals surface area contributed by atoms with Crippen LogP contribution in [0.25, 0.3) is 10.6 Å². The summed E-state index contributed by atoms with van der Waals surface area (Å²) in [5, 5.41) is 4.07. The van der Waals surface area contributed by atoms with Gasteiger partial charge in [-0.2, -0.15) is 0 Å². The van der Waals surface area contributed by atoms with Crippen LogP contribution in [0.4, 0.5) is 5.69 Å². The van der Waals surface area contributed by atoms with E-state index in [4.69, 9.17) is 9.72 Å². The van der Waals surface area contributed by atoms with Gasteiger partial charge in [0.2, 0.25) is 5.91 Å². The highest BCUT2D eigenvalue weighted by atomic mass is 32.1. The van der Waals surface area contributed by atoms with E-state index in [0.717, 1.165) is 41.2 Å². The van der Waals surface area contributed by atoms with Crippen LogP contribution in [0.5, 0.6) is 5.75 Å². The number of fused-ring (bicyclic) bond motifs is 1. The molecule has 28 heavy (non-hydrogen) atoms. The topological polar surface area (TPSA) is 64.1 Å². The lowest BCUT2D eigenvalue weighted by Gasteiger charge is -2.21. The van der Waals surface area contributed by atoms with Crippen molar-refractivity contribution in [2.45, 2.75) is 39.2 Å². The summed E-state index contributed by atoms with van der Waals surface area (Å²) in [6.07, 6.45) is 5.99. The number of thiazole rings is 1. The molecule has 5 nitrogen and oxygen atoms in total. The molecule has 1 atom stereocenters. The van der Waals surface area contributed by atoms with E-state index in [2.05, 4.69) is 10.3 Å². The summed E-state index contributed by atoms with van der Waals surface area (Å²) in [5.41, 5.74) is 2.94. The molecule has 0 fully saturated rings. The number of benzene rings is 1. The van der Waals surface area contributed by atoms with Crippen LogP contribution in [-0.2, 0) is 17.6 Å². The first-order valence-electron chi connectivity index (χ1n) is 9.55. The fraction of sp³-hybridized carbons (Fsp3) is 0.318. The summed E-state index contributed by atoms with van der Waals surface area (Å²) in [6, 6.07) is 11.5. The van der Waals surface area contributed by atoms with Gasteiger partial charge in [0.25, 0.3) is 0 Å². The minimum atomic E-state index is -0.0506. The summed E-state index contributed by atoms with van der Waals surface area (Å²) in [6.45, 7) is 3.96. The van der Waals surface area contributed by atoms with Crippen LogP contribution in [-0.4, -0.2) is 22.0 Å². The smallest absolute Gasteiger partial charge is 0.227 e. The molecular formula is C22H23N3O2S. The molecule has 0 spiro atoms. The number of ether oxygens (including phenoxy) is 1. The summed E-state index contributed by atoms with van der Waals surface area (Å²) in [5.74, 6) is 0.703. The van der Waals surface area contributed by atoms with E-state index in [0.29, 0.717) is 5.75 Å². The predicted molar refractivity (Wildman–Crippen MR) is 112 cm³/mol. The van der Waals surface area contributed by atoms with E-state index in [1.54, 1.807) is 23.7 Å². The van der Waals surface area contributed by atoms with Gasteiger partial charge in [-0.05, 0) is 57.4 Å². The molecule has 1 amide bonds. The van der Waals surface area contributed by atoms with Crippen LogP contribution < -0.4 is 10.1 Å². The first kappa shape index (κ1) is 18.6. The van der Waals surface area contributed by atoms with Gasteiger partial charge in [0.1, 0.15) is 10.8 Å². The molecule has 1 N–H and O–H groups in total. The van der Waals surface area contributed by atoms with E-state index in [-0.39, 0.29) is 17.9 Å². The lowest BCUT2D eigenvalue weighted by molar-refractivity contribution is -0.120. The average Bonchev–Trinajstić information content (AvgIpc) is 3.13. The number of amides is 1. The third-order valence-corrected chi connectivity index (χ3v) is 5.91. The SMILES string of the molecule is CC(C)Oc1ccccc1NC(=O)C1CCc2nc(-c3ccncc3)sc2C1. The fourth-order valence-corrected chi connectivity index (χ4v) is 4.57. The number of anilines is 1. The van der Waals surface area contributed by atoms with Crippen molar-refractivity contribution in [2.24, 2.45) is 5.92 Å². The molecule has 0 saturated carbocycles. The minimum Gasteiger partial charge on any atom is -0.489 e. The summed E-state index contributed by atoms with van der Waals surface area (Å²) in [4.78, 5) is 23.0. The van der Waals surface area contributed by atoms with Gasteiger partial charge in [-0.1, -0.05) is 12.1 Å². The van der Waals surface area contributed by atoms with E-state index >= 15 is 0 Å². The normalized spacial score (nSPS) is 15.9. The zero-order valence-electron chi connectivity index (χ0n) is 16.0. The zero-order valence-corrected chi connectivity index (χ0v) is 16.8. The molecule has 2 heterocycles. The number of rotatable bonds is 5. The van der Waals surface area contributed by atoms with Crippen LogP contribution in [0.3, 0.4) is 0 Å². The van der Waals surface area contributed by atoms with Gasteiger partial charge in [0, 0.05) is 28.8 Å². The Kier molecular flexibility index (Phi) is 5.39. The van der Waals surface area contributed by atoms with Crippen LogP contribution in [0, 0.1) is 5.92 Å². The molecule has 4 rings (SSSR count). The van der Waals surface area contributed by atoms with Crippen molar-refractivity contribution in [1.29, 1.82) is 0 Å². The first-order valence-corrected chi connectivity index (χ1v) is 10.4. The van der Waals surface area contributed by atoms with Gasteiger partial charge in [-0.3, -0.25) is 9.78 Å². The van der Waals surface area contributed by atoms with Crippen molar-refractivity contribution in [3.05, 3.63) is 59.4 Å². The number of nitrogens with one attached hydrogen (secondary N) is 1. The van der Waals surface area contributed by atoms with Gasteiger partial charge in [-0.15, -0.1) is 11.3 Å². The van der Waals surface area contributed by atoms with Crippen LogP contribution in [0.2, 0.25) is 0 Å². The molecule has 144 valence electrons. The third-order valence-electron chi connectivity index (χ3n) is 4.75. The van der Waals surface area contributed by atoms with Gasteiger partial charge in [0.15, 0.2) is 0 Å². The molecule has 0 aliphatic heterocycles. The molecule has 0 bridgehead atoms. The lowest BCUT2D eigenvalue weighted by atomic mass is 9.90. The van der Waals surface area contributed by atoms with Crippen LogP contribution in [0.1, 0.15) is 30.8 Å². The lowest BCUT2D eigenvalue weighted by Crippen LogP contribution is -2.28. The predicted octanol–water partition coefficient (Wildman–Crippen LogP) is 4.74. The number of carbonyl (C=O) groups is 1. The highest BCUT2D eigenvalue weighted by molar-refractivity contribution is 7.15. The monoisotopic (exact) mass is 393 g/mol. The highest BCUT2D eigenvalue weighted by Gasteiger charge is 2.28. The number of nitrogens with zero attached hydrogens (tertiary/aromatic N) is 2. The van der Waals surface area contributed by atoms with E-state index in [1.807, 2.05) is 50.2 Å². The Labute approximate surface area is 168 Å². The second-order valence-corrected chi connectivity index (χ2v) is 8.30. The molecule has 1 aromatic carbocycles. The first-order chi connectivity index (χ1) is 13.6. The van der Waals surface area contributed by atoms with Crippen molar-refractivity contribution in [2.75, 3.05) is 5.32 Å². The highest BCUT2D eigenvalue weighted by Crippen LogP contribution is 2.35. The summed E-state index contributed by atoms with van der Waals surface area (Å²) < 4.78 is 5.81. The van der Waals surface area contributed by atoms with E-state index < -0.39 is 0 Å². The minimum absolute atomic E-state index is 0.0457. The largest absolute Gasteiger partial charge is 0.489 e. The Balaban J connectivity index is 1.48. The molecule has 6 heteroatoms. The average molecular weight is 394 g/mol. The molecule has 2 aromatic heterocycles. The van der Waals surface area contributed by atoms with Crippen molar-refractivity contribution in [3.8, 4) is 16.3 Å². The number of pyridine rings is 1. The fourth-order valence-electron chi connectivity index (χ4n) is 3.38. The Morgan fingerprint density at radius 2 is 2.00 bits per heavy atom. The molecule has 1 aliphatic rings. The molecule has 0 saturated heterocycles. The van der Waals surface area contributed by atoms with Crippen molar-refractivity contribution >= 4 is 22.9 Å². The van der Waals surface area contributed by atoms with Crippen LogP contribution in [0.15, 0.2) is 48.8 Å². The summed E-state index contributed by atoms with van der Waals surface area (Å²) >= 11 is 1.68. The molecule has 1 unspecified atom stereocenters. The number of aryl methyl sites for hydroxylation is 1. The van der Waals surface area contributed by atoms with E-state index in [1.165, 1.54) is 4.88 Å². The van der Waals surface area contributed by atoms with Crippen molar-refractivity contribution in [3.63, 3.8) is 0 Å². The Morgan fingerprint density at radius 3 is 2.79 bits per heavy atom. The molecule has 3 aromatic rings. The number of hydrogen-bond acceptors (Lipinski definition) is 5. The maximum absolute atomic E-state index is 12.9. The van der Waals surface area contributed by atoms with Gasteiger partial charge in [-0.25, -0.2) is 4.98 Å². The maximum atomic E-state index is 12.9. The quantitative estimate of drug-likeness (QED) is 0.680. The van der Waals surface area contributed by atoms with E-state index in [9.17, 15) is 4.79 Å². The molecule has 1 aliphatic carbocycles. The zero-order chi connectivity index (χ0) is 19.5. The standard InChI is InChI=1S/C22H23N3O2S/c1-14(2)27-19-6-4-3-5-17(19)24-21(26)16-7-8-18-20(13-16)28-22(25-18)15-9-11-23-12-10-15/h3-6,9-12,14,16H,7-8,13H2,1-2H3,(H,24,26).